The number of amides is 1. The highest BCUT2D eigenvalue weighted by Gasteiger charge is 2.36. The predicted molar refractivity (Wildman–Crippen MR) is 95.7 cm³/mol. The second-order valence-electron chi connectivity index (χ2n) is 5.74. The van der Waals surface area contributed by atoms with Crippen molar-refractivity contribution in [3.63, 3.8) is 0 Å². The van der Waals surface area contributed by atoms with E-state index in [4.69, 9.17) is 4.74 Å². The average molecular weight is 402 g/mol. The zero-order valence-electron chi connectivity index (χ0n) is 13.4. The molecule has 1 atom stereocenters. The van der Waals surface area contributed by atoms with Gasteiger partial charge < -0.3 is 9.64 Å². The Labute approximate surface area is 153 Å². The van der Waals surface area contributed by atoms with Crippen LogP contribution in [-0.4, -0.2) is 35.6 Å². The van der Waals surface area contributed by atoms with Crippen molar-refractivity contribution in [1.82, 2.24) is 4.90 Å². The van der Waals surface area contributed by atoms with Gasteiger partial charge in [-0.25, -0.2) is 4.79 Å². The van der Waals surface area contributed by atoms with Crippen LogP contribution >= 0.6 is 15.9 Å². The number of carbonyl (C=O) groups is 3. The molecule has 0 saturated carbocycles. The van der Waals surface area contributed by atoms with Crippen molar-refractivity contribution in [3.05, 3.63) is 64.1 Å². The van der Waals surface area contributed by atoms with Crippen LogP contribution in [0.15, 0.2) is 53.0 Å². The zero-order chi connectivity index (χ0) is 17.8. The van der Waals surface area contributed by atoms with Crippen molar-refractivity contribution in [2.75, 3.05) is 6.54 Å². The molecule has 1 unspecified atom stereocenters. The Hall–Kier alpha value is -2.47. The number of hydrogen-bond donors (Lipinski definition) is 0. The summed E-state index contributed by atoms with van der Waals surface area (Å²) in [5.74, 6) is -0.527. The summed E-state index contributed by atoms with van der Waals surface area (Å²) in [5, 5.41) is 0. The molecule has 6 heteroatoms. The van der Waals surface area contributed by atoms with Gasteiger partial charge in [0.05, 0.1) is 5.56 Å². The number of carbonyl (C=O) groups excluding carboxylic acids is 3. The van der Waals surface area contributed by atoms with Crippen LogP contribution in [0, 0.1) is 0 Å². The Bertz CT molecular complexity index is 806. The molecule has 25 heavy (non-hydrogen) atoms. The molecule has 5 nitrogen and oxygen atoms in total. The molecule has 1 amide bonds. The van der Waals surface area contributed by atoms with Crippen molar-refractivity contribution in [3.8, 4) is 5.75 Å². The number of ether oxygens (including phenoxy) is 1. The molecule has 0 aliphatic carbocycles. The fourth-order valence-electron chi connectivity index (χ4n) is 2.87. The fourth-order valence-corrected chi connectivity index (χ4v) is 3.21. The minimum Gasteiger partial charge on any atom is -0.424 e. The summed E-state index contributed by atoms with van der Waals surface area (Å²) in [7, 11) is 0. The van der Waals surface area contributed by atoms with E-state index in [0.717, 1.165) is 6.42 Å². The van der Waals surface area contributed by atoms with Gasteiger partial charge in [-0.2, -0.15) is 0 Å². The number of esters is 1. The van der Waals surface area contributed by atoms with E-state index < -0.39 is 12.0 Å². The summed E-state index contributed by atoms with van der Waals surface area (Å²) >= 11 is 3.29. The number of halogens is 1. The molecule has 128 valence electrons. The van der Waals surface area contributed by atoms with Crippen molar-refractivity contribution < 1.29 is 19.1 Å². The first-order chi connectivity index (χ1) is 12.1. The lowest BCUT2D eigenvalue weighted by Crippen LogP contribution is -2.42. The van der Waals surface area contributed by atoms with Gasteiger partial charge in [-0.1, -0.05) is 34.1 Å². The normalized spacial score (nSPS) is 16.5. The van der Waals surface area contributed by atoms with E-state index in [9.17, 15) is 14.4 Å². The molecule has 2 aromatic carbocycles. The van der Waals surface area contributed by atoms with Gasteiger partial charge in [0.15, 0.2) is 6.29 Å². The van der Waals surface area contributed by atoms with Crippen LogP contribution in [0.1, 0.15) is 33.6 Å². The lowest BCUT2D eigenvalue weighted by atomic mass is 10.1. The molecule has 0 aromatic heterocycles. The summed E-state index contributed by atoms with van der Waals surface area (Å²) in [6.07, 6.45) is 1.91. The first-order valence-electron chi connectivity index (χ1n) is 7.92. The van der Waals surface area contributed by atoms with Crippen LogP contribution in [0.2, 0.25) is 0 Å². The summed E-state index contributed by atoms with van der Waals surface area (Å²) in [4.78, 5) is 37.9. The van der Waals surface area contributed by atoms with Crippen LogP contribution in [-0.2, 0) is 4.79 Å². The van der Waals surface area contributed by atoms with E-state index in [0.29, 0.717) is 29.3 Å². The highest BCUT2D eigenvalue weighted by atomic mass is 79.9. The Morgan fingerprint density at radius 3 is 2.64 bits per heavy atom. The largest absolute Gasteiger partial charge is 0.424 e. The van der Waals surface area contributed by atoms with Crippen LogP contribution < -0.4 is 4.74 Å². The molecule has 1 saturated heterocycles. The topological polar surface area (TPSA) is 63.7 Å². The third kappa shape index (κ3) is 3.79. The van der Waals surface area contributed by atoms with Crippen LogP contribution in [0.4, 0.5) is 0 Å². The molecule has 0 bridgehead atoms. The third-order valence-electron chi connectivity index (χ3n) is 4.12. The lowest BCUT2D eigenvalue weighted by molar-refractivity contribution is -0.138. The number of nitrogens with zero attached hydrogens (tertiary/aromatic N) is 1. The standard InChI is InChI=1S/C19H16BrNO4/c20-15-9-8-14(12-22)17(11-15)25-19(24)16-7-4-10-21(16)18(23)13-5-2-1-3-6-13/h1-3,5-6,8-9,11-12,16H,4,7,10H2. The number of likely N-dealkylation sites (tertiary alicyclic amines) is 1. The SMILES string of the molecule is O=Cc1ccc(Br)cc1OC(=O)C1CCCN1C(=O)c1ccccc1. The van der Waals surface area contributed by atoms with Gasteiger partial charge in [0, 0.05) is 16.6 Å². The van der Waals surface area contributed by atoms with Gasteiger partial charge >= 0.3 is 5.97 Å². The van der Waals surface area contributed by atoms with E-state index in [-0.39, 0.29) is 17.2 Å². The lowest BCUT2D eigenvalue weighted by Gasteiger charge is -2.23. The molecule has 1 fully saturated rings. The van der Waals surface area contributed by atoms with E-state index in [1.165, 1.54) is 4.90 Å². The Balaban J connectivity index is 1.78. The van der Waals surface area contributed by atoms with Crippen molar-refractivity contribution in [2.24, 2.45) is 0 Å². The van der Waals surface area contributed by atoms with Crippen LogP contribution in [0.25, 0.3) is 0 Å². The molecule has 0 N–H and O–H groups in total. The van der Waals surface area contributed by atoms with Gasteiger partial charge in [-0.3, -0.25) is 9.59 Å². The number of aldehydes is 1. The quantitative estimate of drug-likeness (QED) is 0.446. The molecule has 0 radical (unpaired) electrons. The molecule has 2 aromatic rings. The van der Waals surface area contributed by atoms with Gasteiger partial charge in [0.2, 0.25) is 0 Å². The Kier molecular flexibility index (Phi) is 5.28. The summed E-state index contributed by atoms with van der Waals surface area (Å²) in [5.41, 5.74) is 0.828. The summed E-state index contributed by atoms with van der Waals surface area (Å²) in [6, 6.07) is 13.0. The molecule has 0 spiro atoms. The minimum atomic E-state index is -0.647. The highest BCUT2D eigenvalue weighted by Crippen LogP contribution is 2.26. The first-order valence-corrected chi connectivity index (χ1v) is 8.72. The van der Waals surface area contributed by atoms with Gasteiger partial charge in [-0.15, -0.1) is 0 Å². The van der Waals surface area contributed by atoms with E-state index in [1.807, 2.05) is 6.07 Å². The summed E-state index contributed by atoms with van der Waals surface area (Å²) in [6.45, 7) is 0.506. The number of benzene rings is 2. The second kappa shape index (κ2) is 7.61. The Morgan fingerprint density at radius 1 is 1.16 bits per heavy atom. The predicted octanol–water partition coefficient (Wildman–Crippen LogP) is 3.47. The van der Waals surface area contributed by atoms with Crippen LogP contribution in [0.5, 0.6) is 5.75 Å². The maximum Gasteiger partial charge on any atom is 0.334 e. The van der Waals surface area contributed by atoms with Crippen molar-refractivity contribution in [1.29, 1.82) is 0 Å². The number of hydrogen-bond acceptors (Lipinski definition) is 4. The molecule has 1 heterocycles. The first kappa shape index (κ1) is 17.4. The monoisotopic (exact) mass is 401 g/mol. The van der Waals surface area contributed by atoms with Crippen molar-refractivity contribution >= 4 is 34.1 Å². The van der Waals surface area contributed by atoms with Gasteiger partial charge in [0.25, 0.3) is 5.91 Å². The maximum absolute atomic E-state index is 12.6. The highest BCUT2D eigenvalue weighted by molar-refractivity contribution is 9.10. The molecule has 3 rings (SSSR count). The fraction of sp³-hybridized carbons (Fsp3) is 0.211. The third-order valence-corrected chi connectivity index (χ3v) is 4.61. The van der Waals surface area contributed by atoms with E-state index in [2.05, 4.69) is 15.9 Å². The van der Waals surface area contributed by atoms with Crippen LogP contribution in [0.3, 0.4) is 0 Å². The molecular formula is C19H16BrNO4. The summed E-state index contributed by atoms with van der Waals surface area (Å²) < 4.78 is 6.12. The van der Waals surface area contributed by atoms with Crippen molar-refractivity contribution in [2.45, 2.75) is 18.9 Å². The average Bonchev–Trinajstić information content (AvgIpc) is 3.12. The molecular weight excluding hydrogens is 386 g/mol. The number of rotatable bonds is 4. The second-order valence-corrected chi connectivity index (χ2v) is 6.66. The van der Waals surface area contributed by atoms with Gasteiger partial charge in [0.1, 0.15) is 11.8 Å². The minimum absolute atomic E-state index is 0.188. The van der Waals surface area contributed by atoms with E-state index >= 15 is 0 Å². The smallest absolute Gasteiger partial charge is 0.334 e. The maximum atomic E-state index is 12.6. The Morgan fingerprint density at radius 2 is 1.92 bits per heavy atom. The van der Waals surface area contributed by atoms with Gasteiger partial charge in [-0.05, 0) is 43.2 Å². The molecule has 1 aliphatic rings. The van der Waals surface area contributed by atoms with E-state index in [1.54, 1.807) is 42.5 Å². The zero-order valence-corrected chi connectivity index (χ0v) is 14.9. The molecule has 1 aliphatic heterocycles.